The summed E-state index contributed by atoms with van der Waals surface area (Å²) in [6, 6.07) is 8.14. The molecule has 0 aromatic heterocycles. The molecule has 3 N–H and O–H groups in total. The van der Waals surface area contributed by atoms with Crippen LogP contribution in [-0.4, -0.2) is 25.7 Å². The molecule has 0 saturated carbocycles. The molecule has 0 aliphatic heterocycles. The Hall–Kier alpha value is -1.81. The summed E-state index contributed by atoms with van der Waals surface area (Å²) in [4.78, 5) is 4.21. The summed E-state index contributed by atoms with van der Waals surface area (Å²) in [5, 5.41) is 3.07. The number of aryl methyl sites for hydroxylation is 1. The van der Waals surface area contributed by atoms with E-state index in [0.29, 0.717) is 25.7 Å². The third-order valence-corrected chi connectivity index (χ3v) is 2.59. The molecule has 0 spiro atoms. The average molecular weight is 261 g/mol. The van der Waals surface area contributed by atoms with Crippen LogP contribution in [0.4, 0.5) is 5.69 Å². The summed E-state index contributed by atoms with van der Waals surface area (Å²) < 4.78 is 5.35. The number of aliphatic imine (C=N–C) groups is 1. The van der Waals surface area contributed by atoms with Crippen molar-refractivity contribution in [3.8, 4) is 0 Å². The third-order valence-electron chi connectivity index (χ3n) is 2.59. The van der Waals surface area contributed by atoms with E-state index in [1.54, 1.807) is 0 Å². The minimum Gasteiger partial charge on any atom is -0.379 e. The molecule has 4 heteroatoms. The Morgan fingerprint density at radius 3 is 3.05 bits per heavy atom. The molecule has 0 aliphatic rings. The highest BCUT2D eigenvalue weighted by Gasteiger charge is 1.96. The fourth-order valence-corrected chi connectivity index (χ4v) is 1.56. The number of ether oxygens (including phenoxy) is 1. The molecule has 0 amide bonds. The number of guanidine groups is 1. The fraction of sp³-hybridized carbons (Fsp3) is 0.400. The van der Waals surface area contributed by atoms with Crippen molar-refractivity contribution in [1.29, 1.82) is 0 Å². The van der Waals surface area contributed by atoms with Gasteiger partial charge in [0.2, 0.25) is 0 Å². The number of benzene rings is 1. The lowest BCUT2D eigenvalue weighted by Gasteiger charge is -2.07. The lowest BCUT2D eigenvalue weighted by atomic mass is 10.1. The Bertz CT molecular complexity index is 416. The van der Waals surface area contributed by atoms with Gasteiger partial charge in [0.25, 0.3) is 0 Å². The lowest BCUT2D eigenvalue weighted by molar-refractivity contribution is 0.146. The van der Waals surface area contributed by atoms with Gasteiger partial charge in [0.05, 0.1) is 19.8 Å². The Kier molecular flexibility index (Phi) is 7.35. The lowest BCUT2D eigenvalue weighted by Crippen LogP contribution is -2.23. The van der Waals surface area contributed by atoms with Gasteiger partial charge in [-0.05, 0) is 30.5 Å². The predicted molar refractivity (Wildman–Crippen MR) is 81.6 cm³/mol. The molecule has 0 saturated heterocycles. The SMILES string of the molecule is C=CCCOCCN=C(N)Nc1cccc(CC)c1. The van der Waals surface area contributed by atoms with E-state index in [1.807, 2.05) is 18.2 Å². The molecule has 104 valence electrons. The van der Waals surface area contributed by atoms with E-state index < -0.39 is 0 Å². The van der Waals surface area contributed by atoms with Crippen LogP contribution in [0.25, 0.3) is 0 Å². The first-order valence-electron chi connectivity index (χ1n) is 6.60. The molecule has 0 aliphatic carbocycles. The number of nitrogens with zero attached hydrogens (tertiary/aromatic N) is 1. The molecule has 0 radical (unpaired) electrons. The zero-order chi connectivity index (χ0) is 13.9. The standard InChI is InChI=1S/C15H23N3O/c1-3-5-10-19-11-9-17-15(16)18-14-8-6-7-13(4-2)12-14/h3,6-8,12H,1,4-5,9-11H2,2H3,(H3,16,17,18). The van der Waals surface area contributed by atoms with E-state index in [0.717, 1.165) is 18.5 Å². The van der Waals surface area contributed by atoms with Crippen LogP contribution in [0.1, 0.15) is 18.9 Å². The second-order valence-corrected chi connectivity index (χ2v) is 4.14. The van der Waals surface area contributed by atoms with Crippen molar-refractivity contribution in [1.82, 2.24) is 0 Å². The molecule has 0 bridgehead atoms. The number of hydrogen-bond acceptors (Lipinski definition) is 2. The molecular weight excluding hydrogens is 238 g/mol. The summed E-state index contributed by atoms with van der Waals surface area (Å²) in [5.41, 5.74) is 8.04. The molecule has 1 rings (SSSR count). The Balaban J connectivity index is 2.32. The number of nitrogens with two attached hydrogens (primary N) is 1. The van der Waals surface area contributed by atoms with E-state index in [-0.39, 0.29) is 0 Å². The maximum atomic E-state index is 5.81. The predicted octanol–water partition coefficient (Wildman–Crippen LogP) is 2.57. The quantitative estimate of drug-likeness (QED) is 0.327. The van der Waals surface area contributed by atoms with E-state index in [4.69, 9.17) is 10.5 Å². The van der Waals surface area contributed by atoms with Crippen LogP contribution in [0.5, 0.6) is 0 Å². The second-order valence-electron chi connectivity index (χ2n) is 4.14. The van der Waals surface area contributed by atoms with Crippen LogP contribution in [0, 0.1) is 0 Å². The summed E-state index contributed by atoms with van der Waals surface area (Å²) >= 11 is 0. The number of hydrogen-bond donors (Lipinski definition) is 2. The van der Waals surface area contributed by atoms with Crippen molar-refractivity contribution in [2.45, 2.75) is 19.8 Å². The first-order valence-corrected chi connectivity index (χ1v) is 6.60. The van der Waals surface area contributed by atoms with Crippen molar-refractivity contribution in [3.05, 3.63) is 42.5 Å². The van der Waals surface area contributed by atoms with Gasteiger partial charge in [-0.15, -0.1) is 6.58 Å². The van der Waals surface area contributed by atoms with Crippen LogP contribution >= 0.6 is 0 Å². The molecule has 1 aromatic rings. The fourth-order valence-electron chi connectivity index (χ4n) is 1.56. The van der Waals surface area contributed by atoms with Crippen LogP contribution in [0.15, 0.2) is 41.9 Å². The molecule has 4 nitrogen and oxygen atoms in total. The Morgan fingerprint density at radius 1 is 1.47 bits per heavy atom. The van der Waals surface area contributed by atoms with Gasteiger partial charge in [-0.2, -0.15) is 0 Å². The first-order chi connectivity index (χ1) is 9.26. The zero-order valence-electron chi connectivity index (χ0n) is 11.6. The topological polar surface area (TPSA) is 59.6 Å². The minimum atomic E-state index is 0.417. The summed E-state index contributed by atoms with van der Waals surface area (Å²) in [6.07, 6.45) is 3.70. The van der Waals surface area contributed by atoms with E-state index in [2.05, 4.69) is 35.9 Å². The largest absolute Gasteiger partial charge is 0.379 e. The summed E-state index contributed by atoms with van der Waals surface area (Å²) in [5.74, 6) is 0.417. The Morgan fingerprint density at radius 2 is 2.32 bits per heavy atom. The molecule has 0 heterocycles. The maximum Gasteiger partial charge on any atom is 0.193 e. The van der Waals surface area contributed by atoms with Gasteiger partial charge in [-0.25, -0.2) is 0 Å². The molecule has 19 heavy (non-hydrogen) atoms. The summed E-state index contributed by atoms with van der Waals surface area (Å²) in [7, 11) is 0. The minimum absolute atomic E-state index is 0.417. The third kappa shape index (κ3) is 6.62. The van der Waals surface area contributed by atoms with Crippen molar-refractivity contribution in [2.24, 2.45) is 10.7 Å². The molecule has 0 atom stereocenters. The molecular formula is C15H23N3O. The van der Waals surface area contributed by atoms with Gasteiger partial charge in [0.15, 0.2) is 5.96 Å². The highest BCUT2D eigenvalue weighted by Crippen LogP contribution is 2.10. The van der Waals surface area contributed by atoms with Gasteiger partial charge >= 0.3 is 0 Å². The van der Waals surface area contributed by atoms with Crippen molar-refractivity contribution in [3.63, 3.8) is 0 Å². The van der Waals surface area contributed by atoms with Crippen LogP contribution in [0.3, 0.4) is 0 Å². The highest BCUT2D eigenvalue weighted by atomic mass is 16.5. The van der Waals surface area contributed by atoms with Crippen LogP contribution in [0.2, 0.25) is 0 Å². The highest BCUT2D eigenvalue weighted by molar-refractivity contribution is 5.92. The maximum absolute atomic E-state index is 5.81. The van der Waals surface area contributed by atoms with Gasteiger partial charge in [-0.3, -0.25) is 4.99 Å². The summed E-state index contributed by atoms with van der Waals surface area (Å²) in [6.45, 7) is 7.57. The normalized spacial score (nSPS) is 11.3. The number of nitrogens with one attached hydrogen (secondary N) is 1. The van der Waals surface area contributed by atoms with Gasteiger partial charge in [0, 0.05) is 5.69 Å². The van der Waals surface area contributed by atoms with Crippen LogP contribution in [-0.2, 0) is 11.2 Å². The van der Waals surface area contributed by atoms with Crippen molar-refractivity contribution >= 4 is 11.6 Å². The smallest absolute Gasteiger partial charge is 0.193 e. The van der Waals surface area contributed by atoms with Crippen LogP contribution < -0.4 is 11.1 Å². The zero-order valence-corrected chi connectivity index (χ0v) is 11.6. The number of rotatable bonds is 8. The van der Waals surface area contributed by atoms with Gasteiger partial charge in [0.1, 0.15) is 0 Å². The first kappa shape index (κ1) is 15.2. The van der Waals surface area contributed by atoms with Gasteiger partial charge in [-0.1, -0.05) is 25.1 Å². The monoisotopic (exact) mass is 261 g/mol. The Labute approximate surface area is 115 Å². The van der Waals surface area contributed by atoms with E-state index in [1.165, 1.54) is 5.56 Å². The number of anilines is 1. The second kappa shape index (κ2) is 9.16. The van der Waals surface area contributed by atoms with Gasteiger partial charge < -0.3 is 15.8 Å². The van der Waals surface area contributed by atoms with Crippen molar-refractivity contribution < 1.29 is 4.74 Å². The van der Waals surface area contributed by atoms with E-state index >= 15 is 0 Å². The molecule has 0 fully saturated rings. The average Bonchev–Trinajstić information content (AvgIpc) is 2.43. The molecule has 0 unspecified atom stereocenters. The van der Waals surface area contributed by atoms with Crippen molar-refractivity contribution in [2.75, 3.05) is 25.1 Å². The molecule has 1 aromatic carbocycles. The van der Waals surface area contributed by atoms with E-state index in [9.17, 15) is 0 Å².